The van der Waals surface area contributed by atoms with Crippen LogP contribution < -0.4 is 10.1 Å². The molecule has 29 heavy (non-hydrogen) atoms. The molecule has 0 aliphatic carbocycles. The number of anilines is 1. The highest BCUT2D eigenvalue weighted by Crippen LogP contribution is 2.21. The molecule has 0 aliphatic rings. The first kappa shape index (κ1) is 20.1. The fourth-order valence-corrected chi connectivity index (χ4v) is 2.76. The second-order valence-electron chi connectivity index (χ2n) is 6.59. The number of aryl methyl sites for hydroxylation is 3. The van der Waals surface area contributed by atoms with E-state index in [2.05, 4.69) is 10.5 Å². The van der Waals surface area contributed by atoms with Gasteiger partial charge < -0.3 is 19.3 Å². The second kappa shape index (κ2) is 8.60. The quantitative estimate of drug-likeness (QED) is 0.630. The van der Waals surface area contributed by atoms with Crippen LogP contribution >= 0.6 is 0 Å². The van der Waals surface area contributed by atoms with Gasteiger partial charge in [0.2, 0.25) is 0 Å². The molecule has 1 aromatic heterocycles. The molecule has 0 saturated carbocycles. The summed E-state index contributed by atoms with van der Waals surface area (Å²) in [6, 6.07) is 11.8. The van der Waals surface area contributed by atoms with Crippen molar-refractivity contribution in [3.63, 3.8) is 0 Å². The van der Waals surface area contributed by atoms with Gasteiger partial charge in [-0.25, -0.2) is 4.79 Å². The van der Waals surface area contributed by atoms with Crippen LogP contribution in [0.15, 0.2) is 47.0 Å². The van der Waals surface area contributed by atoms with E-state index in [4.69, 9.17) is 14.0 Å². The van der Waals surface area contributed by atoms with Gasteiger partial charge in [0.15, 0.2) is 0 Å². The normalized spacial score (nSPS) is 10.5. The number of benzene rings is 2. The van der Waals surface area contributed by atoms with Gasteiger partial charge >= 0.3 is 5.97 Å². The molecule has 7 heteroatoms. The number of carbonyl (C=O) groups excluding carboxylic acids is 2. The molecule has 1 N–H and O–H groups in total. The Labute approximate surface area is 168 Å². The molecule has 0 unspecified atom stereocenters. The molecule has 0 bridgehead atoms. The van der Waals surface area contributed by atoms with Crippen molar-refractivity contribution in [1.29, 1.82) is 0 Å². The van der Waals surface area contributed by atoms with Gasteiger partial charge in [-0.3, -0.25) is 4.79 Å². The number of ether oxygens (including phenoxy) is 2. The van der Waals surface area contributed by atoms with Gasteiger partial charge in [-0.1, -0.05) is 11.2 Å². The lowest BCUT2D eigenvalue weighted by atomic mass is 10.1. The maximum Gasteiger partial charge on any atom is 0.337 e. The number of nitrogens with one attached hydrogen (secondary N) is 1. The van der Waals surface area contributed by atoms with E-state index in [1.54, 1.807) is 42.5 Å². The summed E-state index contributed by atoms with van der Waals surface area (Å²) in [4.78, 5) is 24.3. The number of rotatable bonds is 6. The predicted octanol–water partition coefficient (Wildman–Crippen LogP) is 4.22. The van der Waals surface area contributed by atoms with E-state index in [-0.39, 0.29) is 5.91 Å². The number of amides is 1. The molecule has 1 heterocycles. The predicted molar refractivity (Wildman–Crippen MR) is 107 cm³/mol. The van der Waals surface area contributed by atoms with E-state index < -0.39 is 5.97 Å². The number of esters is 1. The average molecular weight is 394 g/mol. The Morgan fingerprint density at radius 3 is 2.34 bits per heavy atom. The minimum atomic E-state index is -0.458. The molecule has 0 saturated heterocycles. The molecule has 2 aromatic carbocycles. The van der Waals surface area contributed by atoms with Gasteiger partial charge in [-0.2, -0.15) is 0 Å². The molecule has 1 amide bonds. The first-order valence-electron chi connectivity index (χ1n) is 9.04. The van der Waals surface area contributed by atoms with E-state index in [0.29, 0.717) is 29.2 Å². The van der Waals surface area contributed by atoms with E-state index >= 15 is 0 Å². The van der Waals surface area contributed by atoms with Gasteiger partial charge in [0.05, 0.1) is 23.9 Å². The van der Waals surface area contributed by atoms with Crippen LogP contribution in [-0.2, 0) is 11.3 Å². The standard InChI is InChI=1S/C22H22N2O5/c1-13-5-6-17(22(26)27-4)11-20(13)23-21(25)16-7-9-18(10-8-16)28-12-19-14(2)24-29-15(19)3/h5-11H,12H2,1-4H3,(H,23,25). The third-order valence-electron chi connectivity index (χ3n) is 4.59. The molecule has 0 spiro atoms. The summed E-state index contributed by atoms with van der Waals surface area (Å²) in [6.45, 7) is 5.89. The highest BCUT2D eigenvalue weighted by Gasteiger charge is 2.13. The van der Waals surface area contributed by atoms with Crippen molar-refractivity contribution in [3.05, 3.63) is 76.2 Å². The van der Waals surface area contributed by atoms with Crippen LogP contribution in [0.2, 0.25) is 0 Å². The molecule has 0 radical (unpaired) electrons. The lowest BCUT2D eigenvalue weighted by Gasteiger charge is -2.11. The van der Waals surface area contributed by atoms with Crippen LogP contribution in [0.5, 0.6) is 5.75 Å². The van der Waals surface area contributed by atoms with Crippen molar-refractivity contribution < 1.29 is 23.6 Å². The van der Waals surface area contributed by atoms with Crippen molar-refractivity contribution >= 4 is 17.6 Å². The minimum absolute atomic E-state index is 0.285. The summed E-state index contributed by atoms with van der Waals surface area (Å²) in [5, 5.41) is 6.72. The molecule has 0 fully saturated rings. The van der Waals surface area contributed by atoms with E-state index in [0.717, 1.165) is 22.6 Å². The lowest BCUT2D eigenvalue weighted by Crippen LogP contribution is -2.13. The molecule has 3 aromatic rings. The zero-order valence-corrected chi connectivity index (χ0v) is 16.7. The molecule has 3 rings (SSSR count). The van der Waals surface area contributed by atoms with Crippen molar-refractivity contribution in [2.75, 3.05) is 12.4 Å². The smallest absolute Gasteiger partial charge is 0.337 e. The highest BCUT2D eigenvalue weighted by atomic mass is 16.5. The van der Waals surface area contributed by atoms with Gasteiger partial charge in [-0.15, -0.1) is 0 Å². The van der Waals surface area contributed by atoms with Crippen LogP contribution in [0.1, 0.15) is 43.3 Å². The van der Waals surface area contributed by atoms with Crippen molar-refractivity contribution in [1.82, 2.24) is 5.16 Å². The second-order valence-corrected chi connectivity index (χ2v) is 6.59. The van der Waals surface area contributed by atoms with Gasteiger partial charge in [-0.05, 0) is 62.7 Å². The van der Waals surface area contributed by atoms with Crippen molar-refractivity contribution in [2.24, 2.45) is 0 Å². The lowest BCUT2D eigenvalue weighted by molar-refractivity contribution is 0.0600. The van der Waals surface area contributed by atoms with E-state index in [1.807, 2.05) is 20.8 Å². The monoisotopic (exact) mass is 394 g/mol. The maximum atomic E-state index is 12.6. The zero-order chi connectivity index (χ0) is 21.0. The summed E-state index contributed by atoms with van der Waals surface area (Å²) in [5.41, 5.74) is 3.94. The number of nitrogens with zero attached hydrogens (tertiary/aromatic N) is 1. The summed E-state index contributed by atoms with van der Waals surface area (Å²) in [6.07, 6.45) is 0. The molecule has 7 nitrogen and oxygen atoms in total. The van der Waals surface area contributed by atoms with Crippen molar-refractivity contribution in [2.45, 2.75) is 27.4 Å². The summed E-state index contributed by atoms with van der Waals surface area (Å²) < 4.78 is 15.6. The Bertz CT molecular complexity index is 1020. The molecule has 0 atom stereocenters. The zero-order valence-electron chi connectivity index (χ0n) is 16.7. The first-order chi connectivity index (χ1) is 13.9. The third-order valence-corrected chi connectivity index (χ3v) is 4.59. The minimum Gasteiger partial charge on any atom is -0.489 e. The SMILES string of the molecule is COC(=O)c1ccc(C)c(NC(=O)c2ccc(OCc3c(C)noc3C)cc2)c1. The van der Waals surface area contributed by atoms with Gasteiger partial charge in [0.1, 0.15) is 18.1 Å². The third kappa shape index (κ3) is 4.63. The summed E-state index contributed by atoms with van der Waals surface area (Å²) >= 11 is 0. The van der Waals surface area contributed by atoms with Crippen molar-refractivity contribution in [3.8, 4) is 5.75 Å². The molecule has 0 aliphatic heterocycles. The number of hydrogen-bond donors (Lipinski definition) is 1. The van der Waals surface area contributed by atoms with Crippen LogP contribution in [0.3, 0.4) is 0 Å². The fraction of sp³-hybridized carbons (Fsp3) is 0.227. The fourth-order valence-electron chi connectivity index (χ4n) is 2.76. The van der Waals surface area contributed by atoms with Gasteiger partial charge in [0.25, 0.3) is 5.91 Å². The van der Waals surface area contributed by atoms with Gasteiger partial charge in [0, 0.05) is 11.3 Å². The molecular weight excluding hydrogens is 372 g/mol. The topological polar surface area (TPSA) is 90.7 Å². The number of aromatic nitrogens is 1. The van der Waals surface area contributed by atoms with Crippen LogP contribution in [0.4, 0.5) is 5.69 Å². The van der Waals surface area contributed by atoms with E-state index in [1.165, 1.54) is 7.11 Å². The Kier molecular flexibility index (Phi) is 5.97. The largest absolute Gasteiger partial charge is 0.489 e. The van der Waals surface area contributed by atoms with Crippen LogP contribution in [0.25, 0.3) is 0 Å². The average Bonchev–Trinajstić information content (AvgIpc) is 3.05. The number of hydrogen-bond acceptors (Lipinski definition) is 6. The maximum absolute atomic E-state index is 12.6. The van der Waals surface area contributed by atoms with Crippen LogP contribution in [-0.4, -0.2) is 24.1 Å². The number of methoxy groups -OCH3 is 1. The summed E-state index contributed by atoms with van der Waals surface area (Å²) in [7, 11) is 1.32. The Morgan fingerprint density at radius 2 is 1.72 bits per heavy atom. The molecular formula is C22H22N2O5. The summed E-state index contributed by atoms with van der Waals surface area (Å²) in [5.74, 6) is 0.612. The Morgan fingerprint density at radius 1 is 1.03 bits per heavy atom. The Hall–Kier alpha value is -3.61. The Balaban J connectivity index is 1.67. The van der Waals surface area contributed by atoms with Crippen LogP contribution in [0, 0.1) is 20.8 Å². The highest BCUT2D eigenvalue weighted by molar-refractivity contribution is 6.05. The first-order valence-corrected chi connectivity index (χ1v) is 9.04. The number of carbonyl (C=O) groups is 2. The molecule has 150 valence electrons. The van der Waals surface area contributed by atoms with E-state index in [9.17, 15) is 9.59 Å².